The molecule has 0 saturated carbocycles. The summed E-state index contributed by atoms with van der Waals surface area (Å²) in [5.41, 5.74) is 20.2. The number of rotatable bonds is 0. The lowest BCUT2D eigenvalue weighted by Crippen LogP contribution is -2.55. The molecule has 0 amide bonds. The SMILES string of the molecule is CC(C)(C)c1ccc2c(c1)c1cc(C(C)(C)C)cc3c1n2B1c2c(cc4ccccc4c2-3)-n2c3cccc4c3c3c5c(cccc5cc1c32)-c1ccccc1-4. The molecule has 0 bridgehead atoms. The second-order valence-electron chi connectivity index (χ2n) is 18.5. The number of aromatic nitrogens is 2. The van der Waals surface area contributed by atoms with Crippen LogP contribution < -0.4 is 10.9 Å². The van der Waals surface area contributed by atoms with E-state index in [4.69, 9.17) is 0 Å². The first-order chi connectivity index (χ1) is 26.6. The Balaban J connectivity index is 1.32. The van der Waals surface area contributed by atoms with Crippen LogP contribution in [-0.2, 0) is 10.8 Å². The Morgan fingerprint density at radius 1 is 0.455 bits per heavy atom. The molecule has 260 valence electrons. The van der Waals surface area contributed by atoms with Gasteiger partial charge in [-0.15, -0.1) is 0 Å². The van der Waals surface area contributed by atoms with E-state index < -0.39 is 0 Å². The maximum atomic E-state index is 2.75. The minimum absolute atomic E-state index is 0.00188. The van der Waals surface area contributed by atoms with Crippen molar-refractivity contribution in [2.75, 3.05) is 0 Å². The van der Waals surface area contributed by atoms with Gasteiger partial charge in [0.1, 0.15) is 0 Å². The standard InChI is InChI=1S/C52H39BN2/c1-51(2,3)30-21-22-41-37(25-30)38-26-31(52(4,5)6)27-39-45-32-15-8-7-13-28(32)24-43-48(45)53(55(41)49(38)39)40-23-29-14-11-18-35-33-16-9-10-17-34(33)36-19-12-20-42-46(36)47(44(29)35)50(40)54(42)43/h7-27H,1-6H3. The number of hydrogen-bond acceptors (Lipinski definition) is 0. The number of nitrogens with zero attached hydrogens (tertiary/aromatic N) is 2. The van der Waals surface area contributed by atoms with E-state index >= 15 is 0 Å². The van der Waals surface area contributed by atoms with Crippen molar-refractivity contribution in [1.82, 2.24) is 9.05 Å². The molecule has 10 aromatic rings. The van der Waals surface area contributed by atoms with Crippen molar-refractivity contribution in [1.29, 1.82) is 0 Å². The summed E-state index contributed by atoms with van der Waals surface area (Å²) in [7, 11) is 0. The largest absolute Gasteiger partial charge is 0.375 e. The maximum absolute atomic E-state index is 2.75. The fraction of sp³-hybridized carbons (Fsp3) is 0.154. The summed E-state index contributed by atoms with van der Waals surface area (Å²) in [6.07, 6.45) is 0. The smallest absolute Gasteiger partial charge is 0.333 e. The third-order valence-electron chi connectivity index (χ3n) is 13.5. The van der Waals surface area contributed by atoms with Gasteiger partial charge in [-0.05, 0) is 119 Å². The van der Waals surface area contributed by atoms with Crippen LogP contribution in [0.5, 0.6) is 0 Å². The highest BCUT2D eigenvalue weighted by molar-refractivity contribution is 6.90. The maximum Gasteiger partial charge on any atom is 0.333 e. The van der Waals surface area contributed by atoms with Crippen LogP contribution in [0.4, 0.5) is 0 Å². The minimum atomic E-state index is -0.0191. The summed E-state index contributed by atoms with van der Waals surface area (Å²) in [6.45, 7) is 14.1. The molecule has 0 fully saturated rings. The van der Waals surface area contributed by atoms with Gasteiger partial charge in [0, 0.05) is 43.8 Å². The van der Waals surface area contributed by atoms with E-state index in [-0.39, 0.29) is 17.7 Å². The molecule has 2 aliphatic heterocycles. The van der Waals surface area contributed by atoms with Gasteiger partial charge in [0.05, 0.1) is 11.0 Å². The molecule has 3 heteroatoms. The van der Waals surface area contributed by atoms with Gasteiger partial charge in [-0.2, -0.15) is 0 Å². The lowest BCUT2D eigenvalue weighted by atomic mass is 9.45. The van der Waals surface area contributed by atoms with Crippen molar-refractivity contribution in [2.24, 2.45) is 0 Å². The van der Waals surface area contributed by atoms with E-state index in [1.807, 2.05) is 0 Å². The highest BCUT2D eigenvalue weighted by Crippen LogP contribution is 2.52. The minimum Gasteiger partial charge on any atom is -0.375 e. The normalized spacial score (nSPS) is 14.0. The van der Waals surface area contributed by atoms with Crippen LogP contribution in [0.25, 0.3) is 104 Å². The highest BCUT2D eigenvalue weighted by Gasteiger charge is 2.44. The zero-order chi connectivity index (χ0) is 36.9. The fourth-order valence-corrected chi connectivity index (χ4v) is 11.0. The second kappa shape index (κ2) is 9.59. The summed E-state index contributed by atoms with van der Waals surface area (Å²) in [5, 5.41) is 10.8. The Morgan fingerprint density at radius 2 is 1.13 bits per heavy atom. The second-order valence-corrected chi connectivity index (χ2v) is 18.5. The molecule has 3 aliphatic rings. The van der Waals surface area contributed by atoms with Crippen LogP contribution in [0.1, 0.15) is 52.7 Å². The number of benzene rings is 8. The molecule has 4 heterocycles. The van der Waals surface area contributed by atoms with Gasteiger partial charge in [0.15, 0.2) is 0 Å². The molecule has 2 aromatic heterocycles. The quantitative estimate of drug-likeness (QED) is 0.139. The van der Waals surface area contributed by atoms with E-state index in [1.54, 1.807) is 0 Å². The molecule has 13 rings (SSSR count). The molecular formula is C52H39BN2. The first-order valence-electron chi connectivity index (χ1n) is 19.9. The monoisotopic (exact) mass is 702 g/mol. The Morgan fingerprint density at radius 3 is 1.91 bits per heavy atom. The van der Waals surface area contributed by atoms with E-state index in [2.05, 4.69) is 178 Å². The Hall–Kier alpha value is -6.06. The van der Waals surface area contributed by atoms with Gasteiger partial charge in [0.2, 0.25) is 0 Å². The van der Waals surface area contributed by atoms with Gasteiger partial charge in [-0.1, -0.05) is 133 Å². The molecule has 0 radical (unpaired) electrons. The van der Waals surface area contributed by atoms with E-state index in [1.165, 1.54) is 126 Å². The van der Waals surface area contributed by atoms with Gasteiger partial charge in [-0.3, -0.25) is 0 Å². The molecule has 0 unspecified atom stereocenters. The highest BCUT2D eigenvalue weighted by atomic mass is 15.0. The van der Waals surface area contributed by atoms with Crippen LogP contribution in [-0.4, -0.2) is 15.9 Å². The summed E-state index contributed by atoms with van der Waals surface area (Å²) < 4.78 is 5.41. The predicted molar refractivity (Wildman–Crippen MR) is 236 cm³/mol. The van der Waals surface area contributed by atoms with Gasteiger partial charge < -0.3 is 9.05 Å². The van der Waals surface area contributed by atoms with Crippen molar-refractivity contribution in [3.63, 3.8) is 0 Å². The first-order valence-corrected chi connectivity index (χ1v) is 19.9. The molecule has 2 nitrogen and oxygen atoms in total. The summed E-state index contributed by atoms with van der Waals surface area (Å²) >= 11 is 0. The summed E-state index contributed by atoms with van der Waals surface area (Å²) in [4.78, 5) is 0. The topological polar surface area (TPSA) is 9.86 Å². The van der Waals surface area contributed by atoms with Crippen LogP contribution in [0.15, 0.2) is 127 Å². The summed E-state index contributed by atoms with van der Waals surface area (Å²) in [6, 6.07) is 49.6. The molecule has 55 heavy (non-hydrogen) atoms. The van der Waals surface area contributed by atoms with Gasteiger partial charge in [-0.25, -0.2) is 0 Å². The van der Waals surface area contributed by atoms with Crippen molar-refractivity contribution in [2.45, 2.75) is 52.4 Å². The van der Waals surface area contributed by atoms with Crippen LogP contribution in [0.3, 0.4) is 0 Å². The molecule has 8 aromatic carbocycles. The van der Waals surface area contributed by atoms with Crippen LogP contribution in [0.2, 0.25) is 0 Å². The molecule has 0 atom stereocenters. The summed E-state index contributed by atoms with van der Waals surface area (Å²) in [5.74, 6) is 0. The predicted octanol–water partition coefficient (Wildman–Crippen LogP) is 12.4. The molecule has 0 saturated heterocycles. The Labute approximate surface area is 320 Å². The van der Waals surface area contributed by atoms with Crippen molar-refractivity contribution in [3.8, 4) is 39.1 Å². The van der Waals surface area contributed by atoms with Crippen LogP contribution >= 0.6 is 0 Å². The van der Waals surface area contributed by atoms with Gasteiger partial charge >= 0.3 is 6.85 Å². The van der Waals surface area contributed by atoms with Crippen molar-refractivity contribution < 1.29 is 0 Å². The third kappa shape index (κ3) is 3.55. The first kappa shape index (κ1) is 30.3. The number of fused-ring (bicyclic) bond motifs is 13. The third-order valence-corrected chi connectivity index (χ3v) is 13.5. The molecule has 0 N–H and O–H groups in total. The van der Waals surface area contributed by atoms with E-state index in [0.29, 0.717) is 0 Å². The Kier molecular flexibility index (Phi) is 5.28. The zero-order valence-corrected chi connectivity index (χ0v) is 32.1. The average molecular weight is 703 g/mol. The molecular weight excluding hydrogens is 663 g/mol. The number of hydrogen-bond donors (Lipinski definition) is 0. The lowest BCUT2D eigenvalue weighted by molar-refractivity contribution is 0.590. The molecule has 0 spiro atoms. The van der Waals surface area contributed by atoms with Crippen LogP contribution in [0, 0.1) is 0 Å². The Bertz CT molecular complexity index is 3450. The van der Waals surface area contributed by atoms with Gasteiger partial charge in [0.25, 0.3) is 0 Å². The lowest BCUT2D eigenvalue weighted by Gasteiger charge is -2.35. The van der Waals surface area contributed by atoms with E-state index in [0.717, 1.165) is 0 Å². The fourth-order valence-electron chi connectivity index (χ4n) is 11.0. The van der Waals surface area contributed by atoms with Crippen molar-refractivity contribution >= 4 is 82.9 Å². The average Bonchev–Trinajstić information content (AvgIpc) is 3.66. The molecule has 1 aliphatic carbocycles. The van der Waals surface area contributed by atoms with E-state index in [9.17, 15) is 0 Å². The van der Waals surface area contributed by atoms with Crippen molar-refractivity contribution in [3.05, 3.63) is 139 Å². The zero-order valence-electron chi connectivity index (χ0n) is 32.1.